The topological polar surface area (TPSA) is 75.3 Å². The second-order valence-electron chi connectivity index (χ2n) is 7.27. The van der Waals surface area contributed by atoms with Crippen LogP contribution in [0.3, 0.4) is 0 Å². The van der Waals surface area contributed by atoms with E-state index in [9.17, 15) is 22.0 Å². The van der Waals surface area contributed by atoms with Gasteiger partial charge in [0, 0.05) is 11.6 Å². The molecule has 1 saturated carbocycles. The van der Waals surface area contributed by atoms with E-state index in [-0.39, 0.29) is 22.2 Å². The number of amides is 1. The van der Waals surface area contributed by atoms with Crippen molar-refractivity contribution in [3.05, 3.63) is 59.7 Å². The first-order valence-electron chi connectivity index (χ1n) is 9.74. The summed E-state index contributed by atoms with van der Waals surface area (Å²) in [5, 5.41) is 2.37. The Morgan fingerprint density at radius 1 is 0.897 bits per heavy atom. The lowest BCUT2D eigenvalue weighted by Gasteiger charge is -2.21. The van der Waals surface area contributed by atoms with Crippen LogP contribution < -0.4 is 10.0 Å². The van der Waals surface area contributed by atoms with Crippen molar-refractivity contribution in [2.24, 2.45) is 0 Å². The highest BCUT2D eigenvalue weighted by Crippen LogP contribution is 2.22. The molecule has 1 aliphatic carbocycles. The Bertz CT molecular complexity index is 954. The number of sulfonamides is 1. The van der Waals surface area contributed by atoms with Gasteiger partial charge in [0.05, 0.1) is 10.6 Å². The summed E-state index contributed by atoms with van der Waals surface area (Å²) in [7, 11) is -3.86. The highest BCUT2D eigenvalue weighted by atomic mass is 32.2. The zero-order valence-corrected chi connectivity index (χ0v) is 16.8. The summed E-state index contributed by atoms with van der Waals surface area (Å²) in [6.45, 7) is 0. The standard InChI is InChI=1S/C21H24F2N2O3S/c22-16-10-8-15(9-11-16)21(26)24-20-13-12-18(14-19(20)23)29(27,28)25-17-6-4-2-1-3-5-7-17/h8-14,17,25H,1-7H2,(H,24,26). The van der Waals surface area contributed by atoms with Gasteiger partial charge in [-0.3, -0.25) is 4.79 Å². The second kappa shape index (κ2) is 9.45. The highest BCUT2D eigenvalue weighted by molar-refractivity contribution is 7.89. The molecule has 2 aromatic carbocycles. The van der Waals surface area contributed by atoms with Crippen LogP contribution in [0, 0.1) is 11.6 Å². The third-order valence-electron chi connectivity index (χ3n) is 5.03. The van der Waals surface area contributed by atoms with Gasteiger partial charge in [0.15, 0.2) is 0 Å². The van der Waals surface area contributed by atoms with Gasteiger partial charge >= 0.3 is 0 Å². The zero-order valence-electron chi connectivity index (χ0n) is 16.0. The summed E-state index contributed by atoms with van der Waals surface area (Å²) in [6.07, 6.45) is 6.84. The highest BCUT2D eigenvalue weighted by Gasteiger charge is 2.22. The molecule has 2 aromatic rings. The van der Waals surface area contributed by atoms with Crippen molar-refractivity contribution < 1.29 is 22.0 Å². The fourth-order valence-corrected chi connectivity index (χ4v) is 4.74. The van der Waals surface area contributed by atoms with E-state index in [2.05, 4.69) is 10.0 Å². The molecule has 1 aliphatic rings. The molecule has 1 amide bonds. The number of halogens is 2. The summed E-state index contributed by atoms with van der Waals surface area (Å²) < 4.78 is 55.4. The SMILES string of the molecule is O=C(Nc1ccc(S(=O)(=O)NC2CCCCCCC2)cc1F)c1ccc(F)cc1. The van der Waals surface area contributed by atoms with Crippen LogP contribution >= 0.6 is 0 Å². The van der Waals surface area contributed by atoms with E-state index >= 15 is 0 Å². The third kappa shape index (κ3) is 5.83. The van der Waals surface area contributed by atoms with Crippen molar-refractivity contribution in [2.45, 2.75) is 55.9 Å². The van der Waals surface area contributed by atoms with Crippen LogP contribution in [0.4, 0.5) is 14.5 Å². The van der Waals surface area contributed by atoms with Crippen LogP contribution in [0.5, 0.6) is 0 Å². The lowest BCUT2D eigenvalue weighted by atomic mass is 9.97. The van der Waals surface area contributed by atoms with E-state index < -0.39 is 27.6 Å². The number of benzene rings is 2. The lowest BCUT2D eigenvalue weighted by Crippen LogP contribution is -2.35. The number of rotatable bonds is 5. The monoisotopic (exact) mass is 422 g/mol. The summed E-state index contributed by atoms with van der Waals surface area (Å²) in [5.74, 6) is -1.97. The van der Waals surface area contributed by atoms with Gasteiger partial charge in [-0.05, 0) is 55.3 Å². The number of nitrogens with one attached hydrogen (secondary N) is 2. The molecule has 0 heterocycles. The van der Waals surface area contributed by atoms with Crippen LogP contribution in [0.15, 0.2) is 47.4 Å². The summed E-state index contributed by atoms with van der Waals surface area (Å²) >= 11 is 0. The molecule has 0 bridgehead atoms. The first-order chi connectivity index (χ1) is 13.8. The molecule has 8 heteroatoms. The maximum atomic E-state index is 14.5. The molecule has 0 saturated heterocycles. The Morgan fingerprint density at radius 2 is 1.52 bits per heavy atom. The average molecular weight is 422 g/mol. The van der Waals surface area contributed by atoms with Crippen LogP contribution in [0.2, 0.25) is 0 Å². The van der Waals surface area contributed by atoms with Gasteiger partial charge in [-0.2, -0.15) is 0 Å². The lowest BCUT2D eigenvalue weighted by molar-refractivity contribution is 0.102. The molecule has 2 N–H and O–H groups in total. The second-order valence-corrected chi connectivity index (χ2v) is 8.98. The van der Waals surface area contributed by atoms with Crippen molar-refractivity contribution in [1.29, 1.82) is 0 Å². The predicted molar refractivity (Wildman–Crippen MR) is 107 cm³/mol. The fourth-order valence-electron chi connectivity index (χ4n) is 3.42. The van der Waals surface area contributed by atoms with Gasteiger partial charge in [-0.15, -0.1) is 0 Å². The van der Waals surface area contributed by atoms with E-state index in [0.29, 0.717) is 0 Å². The van der Waals surface area contributed by atoms with Crippen LogP contribution in [0.1, 0.15) is 55.3 Å². The molecule has 0 atom stereocenters. The molecule has 0 spiro atoms. The molecule has 29 heavy (non-hydrogen) atoms. The Labute approximate surface area is 169 Å². The molecule has 3 rings (SSSR count). The molecule has 0 aromatic heterocycles. The minimum absolute atomic E-state index is 0.149. The Hall–Kier alpha value is -2.32. The molecule has 0 radical (unpaired) electrons. The van der Waals surface area contributed by atoms with E-state index in [4.69, 9.17) is 0 Å². The smallest absolute Gasteiger partial charge is 0.255 e. The number of anilines is 1. The van der Waals surface area contributed by atoms with E-state index in [1.165, 1.54) is 30.7 Å². The zero-order chi connectivity index (χ0) is 20.9. The molecule has 0 aliphatic heterocycles. The molecular formula is C21H24F2N2O3S. The van der Waals surface area contributed by atoms with Crippen LogP contribution in [-0.2, 0) is 10.0 Å². The largest absolute Gasteiger partial charge is 0.319 e. The number of carbonyl (C=O) groups excluding carboxylic acids is 1. The first kappa shape index (κ1) is 21.4. The number of hydrogen-bond acceptors (Lipinski definition) is 3. The molecule has 156 valence electrons. The van der Waals surface area contributed by atoms with Crippen LogP contribution in [0.25, 0.3) is 0 Å². The predicted octanol–water partition coefficient (Wildman–Crippen LogP) is 4.61. The van der Waals surface area contributed by atoms with Gasteiger partial charge in [0.2, 0.25) is 10.0 Å². The molecule has 5 nitrogen and oxygen atoms in total. The average Bonchev–Trinajstić information content (AvgIpc) is 2.66. The summed E-state index contributed by atoms with van der Waals surface area (Å²) in [4.78, 5) is 12.0. The number of carbonyl (C=O) groups is 1. The van der Waals surface area contributed by atoms with Gasteiger partial charge < -0.3 is 5.32 Å². The first-order valence-corrected chi connectivity index (χ1v) is 11.2. The maximum Gasteiger partial charge on any atom is 0.255 e. The van der Waals surface area contributed by atoms with Crippen molar-refractivity contribution in [3.8, 4) is 0 Å². The normalized spacial score (nSPS) is 16.1. The van der Waals surface area contributed by atoms with E-state index in [1.54, 1.807) is 0 Å². The van der Waals surface area contributed by atoms with Gasteiger partial charge in [0.1, 0.15) is 11.6 Å². The fraction of sp³-hybridized carbons (Fsp3) is 0.381. The maximum absolute atomic E-state index is 14.5. The van der Waals surface area contributed by atoms with Crippen LogP contribution in [-0.4, -0.2) is 20.4 Å². The van der Waals surface area contributed by atoms with Crippen molar-refractivity contribution in [1.82, 2.24) is 4.72 Å². The Morgan fingerprint density at radius 3 is 2.14 bits per heavy atom. The quantitative estimate of drug-likeness (QED) is 0.739. The van der Waals surface area contributed by atoms with Gasteiger partial charge in [-0.1, -0.05) is 32.1 Å². The molecule has 1 fully saturated rings. The minimum atomic E-state index is -3.86. The molecule has 0 unspecified atom stereocenters. The minimum Gasteiger partial charge on any atom is -0.319 e. The van der Waals surface area contributed by atoms with Gasteiger partial charge in [0.25, 0.3) is 5.91 Å². The van der Waals surface area contributed by atoms with E-state index in [0.717, 1.165) is 56.7 Å². The van der Waals surface area contributed by atoms with Gasteiger partial charge in [-0.25, -0.2) is 21.9 Å². The number of hydrogen-bond donors (Lipinski definition) is 2. The summed E-state index contributed by atoms with van der Waals surface area (Å²) in [6, 6.07) is 8.02. The van der Waals surface area contributed by atoms with Crippen molar-refractivity contribution in [3.63, 3.8) is 0 Å². The summed E-state index contributed by atoms with van der Waals surface area (Å²) in [5.41, 5.74) is 0.0117. The molecular weight excluding hydrogens is 398 g/mol. The van der Waals surface area contributed by atoms with Crippen molar-refractivity contribution >= 4 is 21.6 Å². The van der Waals surface area contributed by atoms with E-state index in [1.807, 2.05) is 0 Å². The van der Waals surface area contributed by atoms with Crippen molar-refractivity contribution in [2.75, 3.05) is 5.32 Å². The Balaban J connectivity index is 1.70. The Kier molecular flexibility index (Phi) is 6.97. The third-order valence-corrected chi connectivity index (χ3v) is 6.55.